The Morgan fingerprint density at radius 3 is 2.64 bits per heavy atom. The predicted octanol–water partition coefficient (Wildman–Crippen LogP) is 4.71. The molecule has 0 aliphatic rings. The highest BCUT2D eigenvalue weighted by molar-refractivity contribution is 7.08. The minimum atomic E-state index is -0.504. The molecule has 0 fully saturated rings. The van der Waals surface area contributed by atoms with Crippen LogP contribution in [-0.4, -0.2) is 21.0 Å². The van der Waals surface area contributed by atoms with Crippen molar-refractivity contribution in [3.05, 3.63) is 91.2 Å². The van der Waals surface area contributed by atoms with E-state index in [1.807, 2.05) is 29.0 Å². The average molecular weight is 413 g/mol. The Morgan fingerprint density at radius 1 is 1.18 bits per heavy atom. The highest BCUT2D eigenvalue weighted by Gasteiger charge is 2.22. The first-order chi connectivity index (χ1) is 13.5. The molecule has 0 saturated heterocycles. The van der Waals surface area contributed by atoms with E-state index in [-0.39, 0.29) is 11.4 Å². The number of aromatic amines is 1. The highest BCUT2D eigenvalue weighted by Crippen LogP contribution is 2.27. The molecule has 2 N–H and O–H groups in total. The molecule has 0 radical (unpaired) electrons. The maximum absolute atomic E-state index is 13.0. The first kappa shape index (κ1) is 18.1. The second kappa shape index (κ2) is 7.41. The van der Waals surface area contributed by atoms with Gasteiger partial charge in [-0.25, -0.2) is 0 Å². The van der Waals surface area contributed by atoms with Gasteiger partial charge in [0.1, 0.15) is 0 Å². The van der Waals surface area contributed by atoms with Crippen LogP contribution in [0.15, 0.2) is 59.3 Å². The number of rotatable bonds is 5. The first-order valence-electron chi connectivity index (χ1n) is 8.24. The quantitative estimate of drug-likeness (QED) is 0.366. The number of carbonyl (C=O) groups excluding carboxylic acids is 1. The fraction of sp³-hybridized carbons (Fsp3) is 0.0526. The Kier molecular flexibility index (Phi) is 4.81. The fourth-order valence-corrected chi connectivity index (χ4v) is 3.75. The van der Waals surface area contributed by atoms with Crippen LogP contribution in [0, 0.1) is 10.1 Å². The van der Waals surface area contributed by atoms with E-state index in [1.165, 1.54) is 29.5 Å². The van der Waals surface area contributed by atoms with Crippen LogP contribution in [-0.2, 0) is 0 Å². The number of aromatic nitrogens is 2. The van der Waals surface area contributed by atoms with Gasteiger partial charge in [-0.3, -0.25) is 20.0 Å². The third-order valence-electron chi connectivity index (χ3n) is 4.33. The van der Waals surface area contributed by atoms with Crippen LogP contribution in [0.25, 0.3) is 10.9 Å². The molecule has 2 aromatic carbocycles. The van der Waals surface area contributed by atoms with Gasteiger partial charge in [-0.1, -0.05) is 23.7 Å². The van der Waals surface area contributed by atoms with Gasteiger partial charge in [0.25, 0.3) is 11.6 Å². The van der Waals surface area contributed by atoms with E-state index in [0.29, 0.717) is 15.9 Å². The van der Waals surface area contributed by atoms with Crippen LogP contribution in [0.3, 0.4) is 0 Å². The van der Waals surface area contributed by atoms with Crippen molar-refractivity contribution in [1.29, 1.82) is 0 Å². The van der Waals surface area contributed by atoms with Crippen molar-refractivity contribution in [2.45, 2.75) is 6.04 Å². The average Bonchev–Trinajstić information content (AvgIpc) is 3.36. The van der Waals surface area contributed by atoms with E-state index in [1.54, 1.807) is 12.1 Å². The maximum atomic E-state index is 13.0. The summed E-state index contributed by atoms with van der Waals surface area (Å²) >= 11 is 7.50. The first-order valence-corrected chi connectivity index (χ1v) is 9.56. The van der Waals surface area contributed by atoms with Gasteiger partial charge in [0.2, 0.25) is 0 Å². The van der Waals surface area contributed by atoms with Crippen molar-refractivity contribution in [1.82, 2.24) is 15.5 Å². The second-order valence-electron chi connectivity index (χ2n) is 6.07. The number of nitrogens with zero attached hydrogens (tertiary/aromatic N) is 2. The number of carbonyl (C=O) groups is 1. The third-order valence-corrected chi connectivity index (χ3v) is 5.28. The van der Waals surface area contributed by atoms with Gasteiger partial charge in [0.05, 0.1) is 16.5 Å². The second-order valence-corrected chi connectivity index (χ2v) is 7.29. The number of fused-ring (bicyclic) bond motifs is 1. The molecular formula is C19H13ClN4O3S. The predicted molar refractivity (Wildman–Crippen MR) is 108 cm³/mol. The number of hydrogen-bond donors (Lipinski definition) is 2. The fourth-order valence-electron chi connectivity index (χ4n) is 2.94. The molecule has 1 unspecified atom stereocenters. The number of halogens is 1. The molecule has 1 atom stereocenters. The summed E-state index contributed by atoms with van der Waals surface area (Å²) in [7, 11) is 0. The number of hydrogen-bond acceptors (Lipinski definition) is 5. The Labute approximate surface area is 168 Å². The van der Waals surface area contributed by atoms with Gasteiger partial charge in [-0.2, -0.15) is 16.4 Å². The number of thiophene rings is 1. The molecule has 0 aliphatic carbocycles. The lowest BCUT2D eigenvalue weighted by Crippen LogP contribution is -2.29. The zero-order chi connectivity index (χ0) is 19.7. The maximum Gasteiger partial charge on any atom is 0.273 e. The SMILES string of the molecule is O=C(NC(c1ccc(Cl)cc1)c1ccsc1)c1n[nH]c2ccc([N+](=O)[O-])cc12. The summed E-state index contributed by atoms with van der Waals surface area (Å²) in [6.45, 7) is 0. The van der Waals surface area contributed by atoms with Crippen molar-refractivity contribution < 1.29 is 9.72 Å². The zero-order valence-corrected chi connectivity index (χ0v) is 15.8. The topological polar surface area (TPSA) is 101 Å². The minimum Gasteiger partial charge on any atom is -0.340 e. The van der Waals surface area contributed by atoms with Crippen LogP contribution < -0.4 is 5.32 Å². The molecule has 0 spiro atoms. The smallest absolute Gasteiger partial charge is 0.273 e. The van der Waals surface area contributed by atoms with E-state index in [4.69, 9.17) is 11.6 Å². The van der Waals surface area contributed by atoms with Gasteiger partial charge in [0, 0.05) is 22.5 Å². The number of non-ortho nitro benzene ring substituents is 1. The number of nitro benzene ring substituents is 1. The van der Waals surface area contributed by atoms with Gasteiger partial charge < -0.3 is 5.32 Å². The molecule has 2 heterocycles. The van der Waals surface area contributed by atoms with E-state index in [0.717, 1.165) is 11.1 Å². The summed E-state index contributed by atoms with van der Waals surface area (Å²) in [6.07, 6.45) is 0. The largest absolute Gasteiger partial charge is 0.340 e. The number of H-pyrrole nitrogens is 1. The van der Waals surface area contributed by atoms with Crippen molar-refractivity contribution in [3.8, 4) is 0 Å². The lowest BCUT2D eigenvalue weighted by Gasteiger charge is -2.18. The van der Waals surface area contributed by atoms with Crippen LogP contribution in [0.1, 0.15) is 27.7 Å². The number of benzene rings is 2. The molecule has 7 nitrogen and oxygen atoms in total. The number of nitrogens with one attached hydrogen (secondary N) is 2. The minimum absolute atomic E-state index is 0.102. The van der Waals surface area contributed by atoms with Crippen molar-refractivity contribution in [2.24, 2.45) is 0 Å². The van der Waals surface area contributed by atoms with E-state index < -0.39 is 16.9 Å². The summed E-state index contributed by atoms with van der Waals surface area (Å²) < 4.78 is 0. The van der Waals surface area contributed by atoms with Crippen LogP contribution >= 0.6 is 22.9 Å². The van der Waals surface area contributed by atoms with Gasteiger partial charge in [-0.05, 0) is 46.2 Å². The van der Waals surface area contributed by atoms with E-state index in [9.17, 15) is 14.9 Å². The van der Waals surface area contributed by atoms with E-state index >= 15 is 0 Å². The molecule has 9 heteroatoms. The Morgan fingerprint density at radius 2 is 1.96 bits per heavy atom. The monoisotopic (exact) mass is 412 g/mol. The number of amides is 1. The van der Waals surface area contributed by atoms with E-state index in [2.05, 4.69) is 15.5 Å². The summed E-state index contributed by atoms with van der Waals surface area (Å²) in [5.74, 6) is -0.433. The summed E-state index contributed by atoms with van der Waals surface area (Å²) in [5, 5.41) is 25.7. The Bertz CT molecular complexity index is 1160. The molecule has 140 valence electrons. The van der Waals surface area contributed by atoms with Gasteiger partial charge >= 0.3 is 0 Å². The third kappa shape index (κ3) is 3.47. The van der Waals surface area contributed by atoms with Gasteiger partial charge in [-0.15, -0.1) is 0 Å². The lowest BCUT2D eigenvalue weighted by atomic mass is 10.0. The Balaban J connectivity index is 1.70. The molecule has 0 aliphatic heterocycles. The summed E-state index contributed by atoms with van der Waals surface area (Å²) in [5.41, 5.74) is 2.34. The summed E-state index contributed by atoms with van der Waals surface area (Å²) in [4.78, 5) is 23.5. The molecule has 0 bridgehead atoms. The van der Waals surface area contributed by atoms with Gasteiger partial charge in [0.15, 0.2) is 5.69 Å². The standard InChI is InChI=1S/C19H13ClN4O3S/c20-13-3-1-11(2-4-13)17(12-7-8-28-10-12)21-19(25)18-15-9-14(24(26)27)5-6-16(15)22-23-18/h1-10,17H,(H,21,25)(H,22,23). The normalized spacial score (nSPS) is 12.0. The molecular weight excluding hydrogens is 400 g/mol. The lowest BCUT2D eigenvalue weighted by molar-refractivity contribution is -0.384. The molecule has 4 aromatic rings. The molecule has 1 amide bonds. The van der Waals surface area contributed by atoms with Crippen LogP contribution in [0.4, 0.5) is 5.69 Å². The Hall–Kier alpha value is -3.23. The molecule has 28 heavy (non-hydrogen) atoms. The molecule has 4 rings (SSSR count). The van der Waals surface area contributed by atoms with Crippen molar-refractivity contribution in [2.75, 3.05) is 0 Å². The summed E-state index contributed by atoms with van der Waals surface area (Å²) in [6, 6.07) is 13.0. The number of nitro groups is 1. The van der Waals surface area contributed by atoms with Crippen LogP contribution in [0.2, 0.25) is 5.02 Å². The van der Waals surface area contributed by atoms with Crippen LogP contribution in [0.5, 0.6) is 0 Å². The highest BCUT2D eigenvalue weighted by atomic mass is 35.5. The van der Waals surface area contributed by atoms with Crippen molar-refractivity contribution >= 4 is 45.4 Å². The molecule has 0 saturated carbocycles. The van der Waals surface area contributed by atoms with Crippen molar-refractivity contribution in [3.63, 3.8) is 0 Å². The molecule has 2 aromatic heterocycles. The zero-order valence-electron chi connectivity index (χ0n) is 14.3.